The summed E-state index contributed by atoms with van der Waals surface area (Å²) in [7, 11) is 0. The third kappa shape index (κ3) is 2.46. The van der Waals surface area contributed by atoms with Crippen LogP contribution in [0.15, 0.2) is 0 Å². The molecule has 2 aliphatic heterocycles. The van der Waals surface area contributed by atoms with E-state index in [1.807, 2.05) is 0 Å². The lowest BCUT2D eigenvalue weighted by molar-refractivity contribution is 0.136. The smallest absolute Gasteiger partial charge is 0.000966 e. The first kappa shape index (κ1) is 9.51. The van der Waals surface area contributed by atoms with Gasteiger partial charge in [0.15, 0.2) is 0 Å². The lowest BCUT2D eigenvalue weighted by atomic mass is 9.83. The van der Waals surface area contributed by atoms with Crippen LogP contribution in [0.5, 0.6) is 0 Å². The Labute approximate surface area is 82.5 Å². The van der Waals surface area contributed by atoms with Gasteiger partial charge in [-0.25, -0.2) is 0 Å². The zero-order valence-electron chi connectivity index (χ0n) is 8.97. The number of hydrogen-bond donors (Lipinski definition) is 0. The maximum atomic E-state index is 2.69. The van der Waals surface area contributed by atoms with Gasteiger partial charge in [0, 0.05) is 13.1 Å². The van der Waals surface area contributed by atoms with Crippen LogP contribution in [0.3, 0.4) is 0 Å². The Morgan fingerprint density at radius 3 is 1.77 bits per heavy atom. The summed E-state index contributed by atoms with van der Waals surface area (Å²) in [5, 5.41) is 0. The van der Waals surface area contributed by atoms with Gasteiger partial charge in [0.1, 0.15) is 0 Å². The summed E-state index contributed by atoms with van der Waals surface area (Å²) in [6.07, 6.45) is 9.04. The molecule has 0 spiro atoms. The summed E-state index contributed by atoms with van der Waals surface area (Å²) in [6.45, 7) is 6.38. The van der Waals surface area contributed by atoms with E-state index in [1.54, 1.807) is 0 Å². The fourth-order valence-electron chi connectivity index (χ4n) is 3.11. The standard InChI is InChI=1S/C12H23N/c1-2-13-9-11-5-3-6-12(10-13)8-4-7-11/h11-12H,2-10H2,1H3. The number of hydrogen-bond acceptors (Lipinski definition) is 1. The van der Waals surface area contributed by atoms with Crippen LogP contribution in [0.2, 0.25) is 0 Å². The summed E-state index contributed by atoms with van der Waals surface area (Å²) in [4.78, 5) is 2.69. The van der Waals surface area contributed by atoms with Crippen LogP contribution in [0.25, 0.3) is 0 Å². The summed E-state index contributed by atoms with van der Waals surface area (Å²) >= 11 is 0. The lowest BCUT2D eigenvalue weighted by Crippen LogP contribution is -2.37. The molecule has 2 saturated heterocycles. The zero-order valence-corrected chi connectivity index (χ0v) is 8.97. The Kier molecular flexibility index (Phi) is 3.26. The molecule has 0 aromatic carbocycles. The van der Waals surface area contributed by atoms with Crippen LogP contribution in [0.1, 0.15) is 45.4 Å². The van der Waals surface area contributed by atoms with Gasteiger partial charge in [0.25, 0.3) is 0 Å². The molecular weight excluding hydrogens is 158 g/mol. The molecule has 0 N–H and O–H groups in total. The molecule has 0 amide bonds. The maximum absolute atomic E-state index is 2.69. The van der Waals surface area contributed by atoms with E-state index in [4.69, 9.17) is 0 Å². The maximum Gasteiger partial charge on any atom is 0.000966 e. The number of fused-ring (bicyclic) bond motifs is 6. The molecule has 3 aliphatic rings. The molecule has 1 saturated carbocycles. The van der Waals surface area contributed by atoms with Gasteiger partial charge in [-0.2, -0.15) is 0 Å². The normalized spacial score (nSPS) is 36.7. The highest BCUT2D eigenvalue weighted by Crippen LogP contribution is 2.30. The van der Waals surface area contributed by atoms with Crippen molar-refractivity contribution in [1.29, 1.82) is 0 Å². The monoisotopic (exact) mass is 181 g/mol. The minimum Gasteiger partial charge on any atom is -0.303 e. The molecule has 76 valence electrons. The molecule has 0 unspecified atom stereocenters. The molecule has 1 aliphatic carbocycles. The van der Waals surface area contributed by atoms with E-state index in [0.29, 0.717) is 0 Å². The van der Waals surface area contributed by atoms with Crippen LogP contribution < -0.4 is 0 Å². The fourth-order valence-corrected chi connectivity index (χ4v) is 3.11. The molecule has 13 heavy (non-hydrogen) atoms. The van der Waals surface area contributed by atoms with Crippen LogP contribution in [-0.4, -0.2) is 24.5 Å². The topological polar surface area (TPSA) is 3.24 Å². The molecule has 0 aromatic heterocycles. The van der Waals surface area contributed by atoms with Crippen LogP contribution >= 0.6 is 0 Å². The molecular formula is C12H23N. The first-order valence-corrected chi connectivity index (χ1v) is 6.11. The van der Waals surface area contributed by atoms with Crippen molar-refractivity contribution in [2.24, 2.45) is 11.8 Å². The van der Waals surface area contributed by atoms with E-state index in [-0.39, 0.29) is 0 Å². The third-order valence-electron chi connectivity index (χ3n) is 3.93. The zero-order chi connectivity index (χ0) is 9.10. The van der Waals surface area contributed by atoms with Crippen molar-refractivity contribution in [2.75, 3.05) is 19.6 Å². The summed E-state index contributed by atoms with van der Waals surface area (Å²) in [5.41, 5.74) is 0. The van der Waals surface area contributed by atoms with E-state index < -0.39 is 0 Å². The fraction of sp³-hybridized carbons (Fsp3) is 1.00. The highest BCUT2D eigenvalue weighted by molar-refractivity contribution is 4.77. The minimum absolute atomic E-state index is 1.03. The third-order valence-corrected chi connectivity index (χ3v) is 3.93. The van der Waals surface area contributed by atoms with Gasteiger partial charge in [0.2, 0.25) is 0 Å². The SMILES string of the molecule is CCN1CC2CCCC(CCC2)C1. The van der Waals surface area contributed by atoms with E-state index in [2.05, 4.69) is 11.8 Å². The molecule has 2 bridgehead atoms. The van der Waals surface area contributed by atoms with Gasteiger partial charge < -0.3 is 4.90 Å². The Morgan fingerprint density at radius 2 is 1.38 bits per heavy atom. The second-order valence-electron chi connectivity index (χ2n) is 4.95. The van der Waals surface area contributed by atoms with Gasteiger partial charge >= 0.3 is 0 Å². The Morgan fingerprint density at radius 1 is 0.923 bits per heavy atom. The quantitative estimate of drug-likeness (QED) is 0.601. The Hall–Kier alpha value is -0.0400. The van der Waals surface area contributed by atoms with E-state index in [0.717, 1.165) is 11.8 Å². The molecule has 2 heterocycles. The van der Waals surface area contributed by atoms with E-state index >= 15 is 0 Å². The number of rotatable bonds is 1. The average Bonchev–Trinajstić information content (AvgIpc) is 2.00. The van der Waals surface area contributed by atoms with Crippen molar-refractivity contribution < 1.29 is 0 Å². The van der Waals surface area contributed by atoms with Gasteiger partial charge in [-0.1, -0.05) is 19.8 Å². The van der Waals surface area contributed by atoms with Crippen molar-refractivity contribution in [1.82, 2.24) is 4.90 Å². The Balaban J connectivity index is 2.00. The average molecular weight is 181 g/mol. The predicted molar refractivity (Wildman–Crippen MR) is 56.8 cm³/mol. The second kappa shape index (κ2) is 4.45. The van der Waals surface area contributed by atoms with Crippen molar-refractivity contribution >= 4 is 0 Å². The summed E-state index contributed by atoms with van der Waals surface area (Å²) in [6, 6.07) is 0. The van der Waals surface area contributed by atoms with Crippen LogP contribution in [0.4, 0.5) is 0 Å². The largest absolute Gasteiger partial charge is 0.303 e. The van der Waals surface area contributed by atoms with Crippen LogP contribution in [-0.2, 0) is 0 Å². The summed E-state index contributed by atoms with van der Waals surface area (Å²) < 4.78 is 0. The van der Waals surface area contributed by atoms with Gasteiger partial charge in [0.05, 0.1) is 0 Å². The molecule has 3 fully saturated rings. The molecule has 0 aromatic rings. The first-order chi connectivity index (χ1) is 6.38. The predicted octanol–water partition coefficient (Wildman–Crippen LogP) is 2.91. The minimum atomic E-state index is 1.03. The van der Waals surface area contributed by atoms with E-state index in [1.165, 1.54) is 58.2 Å². The molecule has 0 radical (unpaired) electrons. The number of nitrogens with zero attached hydrogens (tertiary/aromatic N) is 1. The first-order valence-electron chi connectivity index (χ1n) is 6.11. The summed E-state index contributed by atoms with van der Waals surface area (Å²) in [5.74, 6) is 2.06. The van der Waals surface area contributed by atoms with Crippen LogP contribution in [0, 0.1) is 11.8 Å². The molecule has 3 rings (SSSR count). The van der Waals surface area contributed by atoms with Crippen molar-refractivity contribution in [3.63, 3.8) is 0 Å². The van der Waals surface area contributed by atoms with E-state index in [9.17, 15) is 0 Å². The van der Waals surface area contributed by atoms with Gasteiger partial charge in [-0.05, 0) is 44.1 Å². The Bertz CT molecular complexity index is 131. The van der Waals surface area contributed by atoms with Crippen molar-refractivity contribution in [3.8, 4) is 0 Å². The molecule has 0 atom stereocenters. The van der Waals surface area contributed by atoms with Crippen molar-refractivity contribution in [3.05, 3.63) is 0 Å². The van der Waals surface area contributed by atoms with Crippen molar-refractivity contribution in [2.45, 2.75) is 45.4 Å². The van der Waals surface area contributed by atoms with Gasteiger partial charge in [-0.3, -0.25) is 0 Å². The highest BCUT2D eigenvalue weighted by Gasteiger charge is 2.24. The van der Waals surface area contributed by atoms with Gasteiger partial charge in [-0.15, -0.1) is 0 Å². The highest BCUT2D eigenvalue weighted by atomic mass is 15.1. The molecule has 1 heteroatoms. The lowest BCUT2D eigenvalue weighted by Gasteiger charge is -2.36. The second-order valence-corrected chi connectivity index (χ2v) is 4.95. The molecule has 1 nitrogen and oxygen atoms in total.